The van der Waals surface area contributed by atoms with Crippen molar-refractivity contribution in [2.45, 2.75) is 19.3 Å². The first-order chi connectivity index (χ1) is 15.2. The van der Waals surface area contributed by atoms with Gasteiger partial charge in [0.25, 0.3) is 0 Å². The average Bonchev–Trinajstić information content (AvgIpc) is 3.26. The standard InChI is InChI=1S/C25H26N6/c26-24-28-15-18-14-21(20-7-3-5-17-4-1-2-6-19(17)20)23(29-22(18)30-24)31-12-9-25(10-13-31)8-11-27-16-25/h1-7,14-15,27H,8-13,16H2,(H2,26,28,29,30). The summed E-state index contributed by atoms with van der Waals surface area (Å²) in [5, 5.41) is 6.94. The molecule has 156 valence electrons. The zero-order valence-electron chi connectivity index (χ0n) is 17.5. The van der Waals surface area contributed by atoms with Gasteiger partial charge in [-0.15, -0.1) is 0 Å². The van der Waals surface area contributed by atoms with Gasteiger partial charge in [-0.2, -0.15) is 4.98 Å². The Morgan fingerprint density at radius 1 is 0.903 bits per heavy atom. The number of aromatic nitrogens is 3. The van der Waals surface area contributed by atoms with Crippen LogP contribution in [0.5, 0.6) is 0 Å². The van der Waals surface area contributed by atoms with E-state index in [9.17, 15) is 0 Å². The van der Waals surface area contributed by atoms with Crippen molar-refractivity contribution in [1.82, 2.24) is 20.3 Å². The van der Waals surface area contributed by atoms with E-state index in [0.29, 0.717) is 11.1 Å². The first-order valence-electron chi connectivity index (χ1n) is 11.1. The number of nitrogens with two attached hydrogens (primary N) is 1. The fourth-order valence-corrected chi connectivity index (χ4v) is 5.28. The maximum atomic E-state index is 5.87. The fourth-order valence-electron chi connectivity index (χ4n) is 5.28. The number of hydrogen-bond donors (Lipinski definition) is 2. The van der Waals surface area contributed by atoms with Crippen molar-refractivity contribution in [3.63, 3.8) is 0 Å². The van der Waals surface area contributed by atoms with Gasteiger partial charge in [-0.05, 0) is 53.6 Å². The summed E-state index contributed by atoms with van der Waals surface area (Å²) in [4.78, 5) is 16.1. The first-order valence-corrected chi connectivity index (χ1v) is 11.1. The second-order valence-corrected chi connectivity index (χ2v) is 8.94. The predicted octanol–water partition coefficient (Wildman–Crippen LogP) is 4.01. The van der Waals surface area contributed by atoms with Crippen molar-refractivity contribution in [1.29, 1.82) is 0 Å². The van der Waals surface area contributed by atoms with Gasteiger partial charge in [-0.25, -0.2) is 9.97 Å². The summed E-state index contributed by atoms with van der Waals surface area (Å²) >= 11 is 0. The Morgan fingerprint density at radius 2 is 1.74 bits per heavy atom. The number of piperidine rings is 1. The Kier molecular flexibility index (Phi) is 4.28. The van der Waals surface area contributed by atoms with Crippen LogP contribution in [0, 0.1) is 5.41 Å². The van der Waals surface area contributed by atoms with Crippen LogP contribution in [0.3, 0.4) is 0 Å². The average molecular weight is 411 g/mol. The van der Waals surface area contributed by atoms with Crippen LogP contribution in [0.4, 0.5) is 11.8 Å². The molecule has 3 N–H and O–H groups in total. The molecule has 6 rings (SSSR count). The van der Waals surface area contributed by atoms with E-state index < -0.39 is 0 Å². The Hall–Kier alpha value is -3.25. The Morgan fingerprint density at radius 3 is 2.58 bits per heavy atom. The second kappa shape index (κ2) is 7.17. The third kappa shape index (κ3) is 3.18. The molecule has 6 nitrogen and oxygen atoms in total. The minimum absolute atomic E-state index is 0.262. The van der Waals surface area contributed by atoms with Crippen molar-refractivity contribution < 1.29 is 0 Å². The molecule has 4 heterocycles. The minimum atomic E-state index is 0.262. The van der Waals surface area contributed by atoms with E-state index in [1.165, 1.54) is 35.6 Å². The highest BCUT2D eigenvalue weighted by Gasteiger charge is 2.37. The van der Waals surface area contributed by atoms with E-state index in [4.69, 9.17) is 10.7 Å². The van der Waals surface area contributed by atoms with Gasteiger partial charge in [-0.3, -0.25) is 0 Å². The number of anilines is 2. The van der Waals surface area contributed by atoms with Crippen molar-refractivity contribution in [2.75, 3.05) is 36.8 Å². The van der Waals surface area contributed by atoms with Gasteiger partial charge in [-0.1, -0.05) is 42.5 Å². The molecule has 0 radical (unpaired) electrons. The monoisotopic (exact) mass is 410 g/mol. The van der Waals surface area contributed by atoms with Crippen LogP contribution < -0.4 is 16.0 Å². The number of rotatable bonds is 2. The van der Waals surface area contributed by atoms with Crippen LogP contribution in [0.15, 0.2) is 54.7 Å². The zero-order chi connectivity index (χ0) is 20.8. The summed E-state index contributed by atoms with van der Waals surface area (Å²) in [6, 6.07) is 17.2. The van der Waals surface area contributed by atoms with Crippen LogP contribution >= 0.6 is 0 Å². The molecular weight excluding hydrogens is 384 g/mol. The lowest BCUT2D eigenvalue weighted by Crippen LogP contribution is -2.41. The third-order valence-corrected chi connectivity index (χ3v) is 7.10. The highest BCUT2D eigenvalue weighted by Crippen LogP contribution is 2.41. The second-order valence-electron chi connectivity index (χ2n) is 8.94. The molecule has 2 aliphatic heterocycles. The minimum Gasteiger partial charge on any atom is -0.368 e. The maximum absolute atomic E-state index is 5.87. The molecular formula is C25H26N6. The highest BCUT2D eigenvalue weighted by atomic mass is 15.2. The molecule has 0 saturated carbocycles. The lowest BCUT2D eigenvalue weighted by Gasteiger charge is -2.40. The number of nitrogens with one attached hydrogen (secondary N) is 1. The van der Waals surface area contributed by atoms with Crippen molar-refractivity contribution in [2.24, 2.45) is 5.41 Å². The normalized spacial score (nSPS) is 18.3. The zero-order valence-corrected chi connectivity index (χ0v) is 17.5. The van der Waals surface area contributed by atoms with Gasteiger partial charge in [0.05, 0.1) is 0 Å². The largest absolute Gasteiger partial charge is 0.368 e. The van der Waals surface area contributed by atoms with Crippen LogP contribution in [0.25, 0.3) is 32.9 Å². The molecule has 0 unspecified atom stereocenters. The Balaban J connectivity index is 1.51. The molecule has 2 fully saturated rings. The molecule has 2 aliphatic rings. The lowest BCUT2D eigenvalue weighted by molar-refractivity contribution is 0.247. The number of hydrogen-bond acceptors (Lipinski definition) is 6. The van der Waals surface area contributed by atoms with Gasteiger partial charge in [0.15, 0.2) is 5.65 Å². The summed E-state index contributed by atoms with van der Waals surface area (Å²) in [5.74, 6) is 1.27. The third-order valence-electron chi connectivity index (χ3n) is 7.10. The van der Waals surface area contributed by atoms with E-state index in [2.05, 4.69) is 68.7 Å². The van der Waals surface area contributed by atoms with E-state index in [1.54, 1.807) is 6.20 Å². The number of pyridine rings is 1. The molecule has 1 spiro atoms. The maximum Gasteiger partial charge on any atom is 0.222 e. The topological polar surface area (TPSA) is 80.0 Å². The molecule has 0 amide bonds. The van der Waals surface area contributed by atoms with Crippen molar-refractivity contribution in [3.05, 3.63) is 54.7 Å². The van der Waals surface area contributed by atoms with Gasteiger partial charge in [0.2, 0.25) is 5.95 Å². The number of nitrogens with zero attached hydrogens (tertiary/aromatic N) is 4. The van der Waals surface area contributed by atoms with Crippen molar-refractivity contribution in [3.8, 4) is 11.1 Å². The molecule has 0 atom stereocenters. The molecule has 0 bridgehead atoms. The van der Waals surface area contributed by atoms with Crippen LogP contribution in [-0.4, -0.2) is 41.1 Å². The van der Waals surface area contributed by atoms with Gasteiger partial charge in [0, 0.05) is 36.8 Å². The number of benzene rings is 2. The number of nitrogen functional groups attached to an aromatic ring is 1. The molecule has 0 aliphatic carbocycles. The lowest BCUT2D eigenvalue weighted by atomic mass is 9.78. The highest BCUT2D eigenvalue weighted by molar-refractivity contribution is 6.01. The number of fused-ring (bicyclic) bond motifs is 2. The van der Waals surface area contributed by atoms with E-state index in [-0.39, 0.29) is 5.95 Å². The van der Waals surface area contributed by atoms with Crippen LogP contribution in [-0.2, 0) is 0 Å². The summed E-state index contributed by atoms with van der Waals surface area (Å²) in [5.41, 5.74) is 9.32. The molecule has 4 aromatic rings. The van der Waals surface area contributed by atoms with Crippen LogP contribution in [0.2, 0.25) is 0 Å². The predicted molar refractivity (Wildman–Crippen MR) is 126 cm³/mol. The Labute approximate surface area is 181 Å². The molecule has 31 heavy (non-hydrogen) atoms. The van der Waals surface area contributed by atoms with E-state index >= 15 is 0 Å². The summed E-state index contributed by atoms with van der Waals surface area (Å²) < 4.78 is 0. The summed E-state index contributed by atoms with van der Waals surface area (Å²) in [6.45, 7) is 4.31. The van der Waals surface area contributed by atoms with Crippen LogP contribution in [0.1, 0.15) is 19.3 Å². The summed E-state index contributed by atoms with van der Waals surface area (Å²) in [6.07, 6.45) is 5.45. The quantitative estimate of drug-likeness (QED) is 0.520. The smallest absolute Gasteiger partial charge is 0.222 e. The first kappa shape index (κ1) is 18.5. The van der Waals surface area contributed by atoms with E-state index in [1.807, 2.05) is 0 Å². The molecule has 2 saturated heterocycles. The van der Waals surface area contributed by atoms with Crippen molar-refractivity contribution >= 4 is 33.6 Å². The summed E-state index contributed by atoms with van der Waals surface area (Å²) in [7, 11) is 0. The molecule has 2 aromatic carbocycles. The Bertz CT molecular complexity index is 1260. The molecule has 6 heteroatoms. The van der Waals surface area contributed by atoms with Gasteiger partial charge >= 0.3 is 0 Å². The van der Waals surface area contributed by atoms with Gasteiger partial charge in [0.1, 0.15) is 5.82 Å². The fraction of sp³-hybridized carbons (Fsp3) is 0.320. The van der Waals surface area contributed by atoms with Gasteiger partial charge < -0.3 is 16.0 Å². The van der Waals surface area contributed by atoms with E-state index in [0.717, 1.165) is 42.9 Å². The molecule has 2 aromatic heterocycles. The SMILES string of the molecule is Nc1ncc2cc(-c3cccc4ccccc34)c(N3CCC4(CCNC4)CC3)nc2n1.